The minimum Gasteiger partial charge on any atom is -0.354 e. The van der Waals surface area contributed by atoms with Gasteiger partial charge in [0.05, 0.1) is 11.7 Å². The van der Waals surface area contributed by atoms with Crippen molar-refractivity contribution in [2.45, 2.75) is 32.2 Å². The van der Waals surface area contributed by atoms with Gasteiger partial charge in [-0.2, -0.15) is 5.10 Å². The number of rotatable bonds is 3. The Labute approximate surface area is 159 Å². The Bertz CT molecular complexity index is 927. The molecule has 0 spiro atoms. The molecule has 2 aromatic heterocycles. The van der Waals surface area contributed by atoms with Crippen molar-refractivity contribution >= 4 is 16.7 Å². The predicted molar refractivity (Wildman–Crippen MR) is 107 cm³/mol. The molecule has 6 heteroatoms. The number of fused-ring (bicyclic) bond motifs is 1. The number of nitrogens with zero attached hydrogens (tertiary/aromatic N) is 6. The lowest BCUT2D eigenvalue weighted by Gasteiger charge is -2.38. The van der Waals surface area contributed by atoms with Crippen LogP contribution in [0.1, 0.15) is 26.2 Å². The lowest BCUT2D eigenvalue weighted by atomic mass is 10.1. The van der Waals surface area contributed by atoms with Crippen LogP contribution in [0.4, 0.5) is 5.82 Å². The van der Waals surface area contributed by atoms with Crippen molar-refractivity contribution in [2.75, 3.05) is 31.1 Å². The first-order chi connectivity index (χ1) is 13.3. The summed E-state index contributed by atoms with van der Waals surface area (Å²) >= 11 is 0. The van der Waals surface area contributed by atoms with E-state index in [1.54, 1.807) is 6.33 Å². The van der Waals surface area contributed by atoms with Crippen LogP contribution in [0.2, 0.25) is 0 Å². The van der Waals surface area contributed by atoms with Gasteiger partial charge in [-0.3, -0.25) is 4.90 Å². The van der Waals surface area contributed by atoms with Crippen molar-refractivity contribution in [3.8, 4) is 5.82 Å². The van der Waals surface area contributed by atoms with Crippen molar-refractivity contribution in [3.63, 3.8) is 0 Å². The molecule has 140 valence electrons. The maximum Gasteiger partial charge on any atom is 0.159 e. The second-order valence-corrected chi connectivity index (χ2v) is 7.94. The van der Waals surface area contributed by atoms with E-state index < -0.39 is 0 Å². The third-order valence-electron chi connectivity index (χ3n) is 6.15. The van der Waals surface area contributed by atoms with Crippen LogP contribution in [0.15, 0.2) is 42.9 Å². The Morgan fingerprint density at radius 1 is 0.963 bits per heavy atom. The van der Waals surface area contributed by atoms with Crippen molar-refractivity contribution in [1.82, 2.24) is 24.6 Å². The van der Waals surface area contributed by atoms with Crippen LogP contribution in [0.3, 0.4) is 0 Å². The molecular formula is C21H26N6. The standard InChI is InChI=1S/C21H26N6/c1-16-6-7-18(12-16)25-8-10-26(11-9-25)20-13-21(23-15-22-20)27-19-5-3-2-4-17(19)14-24-27/h2-5,13-16,18H,6-12H2,1H3. The number of aromatic nitrogens is 4. The van der Waals surface area contributed by atoms with E-state index in [4.69, 9.17) is 0 Å². The molecule has 3 aromatic rings. The average molecular weight is 362 g/mol. The van der Waals surface area contributed by atoms with E-state index in [-0.39, 0.29) is 0 Å². The highest BCUT2D eigenvalue weighted by Gasteiger charge is 2.29. The van der Waals surface area contributed by atoms with Gasteiger partial charge in [-0.15, -0.1) is 0 Å². The van der Waals surface area contributed by atoms with E-state index in [2.05, 4.69) is 50.0 Å². The molecule has 2 fully saturated rings. The monoisotopic (exact) mass is 362 g/mol. The Balaban J connectivity index is 1.33. The third-order valence-corrected chi connectivity index (χ3v) is 6.15. The normalized spacial score (nSPS) is 24.0. The number of piperazine rings is 1. The zero-order chi connectivity index (χ0) is 18.2. The van der Waals surface area contributed by atoms with E-state index in [1.807, 2.05) is 23.0 Å². The molecule has 1 aromatic carbocycles. The lowest BCUT2D eigenvalue weighted by Crippen LogP contribution is -2.50. The van der Waals surface area contributed by atoms with E-state index in [0.29, 0.717) is 0 Å². The number of para-hydroxylation sites is 1. The van der Waals surface area contributed by atoms with Gasteiger partial charge in [-0.1, -0.05) is 25.1 Å². The van der Waals surface area contributed by atoms with Crippen LogP contribution in [-0.2, 0) is 0 Å². The molecule has 2 unspecified atom stereocenters. The number of anilines is 1. The molecule has 0 N–H and O–H groups in total. The largest absolute Gasteiger partial charge is 0.354 e. The van der Waals surface area contributed by atoms with Crippen LogP contribution < -0.4 is 4.90 Å². The van der Waals surface area contributed by atoms with Crippen molar-refractivity contribution in [3.05, 3.63) is 42.9 Å². The molecule has 2 aliphatic rings. The minimum atomic E-state index is 0.790. The van der Waals surface area contributed by atoms with E-state index in [9.17, 15) is 0 Å². The van der Waals surface area contributed by atoms with Gasteiger partial charge in [0.2, 0.25) is 0 Å². The fourth-order valence-corrected chi connectivity index (χ4v) is 4.61. The zero-order valence-corrected chi connectivity index (χ0v) is 15.8. The Morgan fingerprint density at radius 3 is 2.59 bits per heavy atom. The van der Waals surface area contributed by atoms with Gasteiger partial charge in [0.1, 0.15) is 12.1 Å². The van der Waals surface area contributed by atoms with Gasteiger partial charge in [0.25, 0.3) is 0 Å². The summed E-state index contributed by atoms with van der Waals surface area (Å²) in [5.41, 5.74) is 1.07. The highest BCUT2D eigenvalue weighted by molar-refractivity contribution is 5.79. The molecule has 3 heterocycles. The SMILES string of the molecule is CC1CCC(N2CCN(c3cc(-n4ncc5ccccc54)ncn3)CC2)C1. The molecule has 0 bridgehead atoms. The van der Waals surface area contributed by atoms with E-state index >= 15 is 0 Å². The van der Waals surface area contributed by atoms with Gasteiger partial charge in [-0.05, 0) is 31.2 Å². The Hall–Kier alpha value is -2.47. The second kappa shape index (κ2) is 6.93. The summed E-state index contributed by atoms with van der Waals surface area (Å²) in [6, 6.07) is 11.1. The predicted octanol–water partition coefficient (Wildman–Crippen LogP) is 3.13. The van der Waals surface area contributed by atoms with Gasteiger partial charge in [-0.25, -0.2) is 14.6 Å². The van der Waals surface area contributed by atoms with Crippen LogP contribution in [0.5, 0.6) is 0 Å². The molecule has 5 rings (SSSR count). The first-order valence-corrected chi connectivity index (χ1v) is 10.0. The molecule has 1 saturated carbocycles. The maximum absolute atomic E-state index is 4.54. The third kappa shape index (κ3) is 3.18. The molecule has 2 atom stereocenters. The summed E-state index contributed by atoms with van der Waals surface area (Å²) in [4.78, 5) is 14.1. The summed E-state index contributed by atoms with van der Waals surface area (Å²) in [6.45, 7) is 6.70. The van der Waals surface area contributed by atoms with Crippen molar-refractivity contribution in [2.24, 2.45) is 5.92 Å². The highest BCUT2D eigenvalue weighted by Crippen LogP contribution is 2.30. The van der Waals surface area contributed by atoms with Gasteiger partial charge in [0.15, 0.2) is 5.82 Å². The first-order valence-electron chi connectivity index (χ1n) is 10.0. The molecule has 1 aliphatic heterocycles. The quantitative estimate of drug-likeness (QED) is 0.716. The second-order valence-electron chi connectivity index (χ2n) is 7.94. The van der Waals surface area contributed by atoms with Crippen LogP contribution in [-0.4, -0.2) is 56.9 Å². The molecule has 1 aliphatic carbocycles. The fourth-order valence-electron chi connectivity index (χ4n) is 4.61. The van der Waals surface area contributed by atoms with Crippen LogP contribution >= 0.6 is 0 Å². The van der Waals surface area contributed by atoms with Gasteiger partial charge < -0.3 is 4.90 Å². The molecule has 0 radical (unpaired) electrons. The van der Waals surface area contributed by atoms with Crippen molar-refractivity contribution in [1.29, 1.82) is 0 Å². The fraction of sp³-hybridized carbons (Fsp3) is 0.476. The summed E-state index contributed by atoms with van der Waals surface area (Å²) in [5.74, 6) is 2.72. The summed E-state index contributed by atoms with van der Waals surface area (Å²) in [5, 5.41) is 5.65. The van der Waals surface area contributed by atoms with Crippen LogP contribution in [0, 0.1) is 5.92 Å². The molecule has 27 heavy (non-hydrogen) atoms. The molecule has 0 amide bonds. The topological polar surface area (TPSA) is 50.1 Å². The first kappa shape index (κ1) is 16.7. The smallest absolute Gasteiger partial charge is 0.159 e. The zero-order valence-electron chi connectivity index (χ0n) is 15.8. The Kier molecular flexibility index (Phi) is 4.28. The van der Waals surface area contributed by atoms with Crippen LogP contribution in [0.25, 0.3) is 16.7 Å². The van der Waals surface area contributed by atoms with Crippen molar-refractivity contribution < 1.29 is 0 Å². The summed E-state index contributed by atoms with van der Waals surface area (Å²) < 4.78 is 1.90. The molecule has 6 nitrogen and oxygen atoms in total. The number of benzene rings is 1. The summed E-state index contributed by atoms with van der Waals surface area (Å²) in [7, 11) is 0. The Morgan fingerprint density at radius 2 is 1.78 bits per heavy atom. The number of hydrogen-bond donors (Lipinski definition) is 0. The minimum absolute atomic E-state index is 0.790. The number of hydrogen-bond acceptors (Lipinski definition) is 5. The maximum atomic E-state index is 4.54. The van der Waals surface area contributed by atoms with E-state index in [1.165, 1.54) is 19.3 Å². The summed E-state index contributed by atoms with van der Waals surface area (Å²) in [6.07, 6.45) is 7.66. The molecular weight excluding hydrogens is 336 g/mol. The van der Waals surface area contributed by atoms with Gasteiger partial charge in [0, 0.05) is 43.7 Å². The van der Waals surface area contributed by atoms with E-state index in [0.717, 1.165) is 60.7 Å². The highest BCUT2D eigenvalue weighted by atomic mass is 15.3. The lowest BCUT2D eigenvalue weighted by molar-refractivity contribution is 0.184. The average Bonchev–Trinajstić information content (AvgIpc) is 3.35. The van der Waals surface area contributed by atoms with Gasteiger partial charge >= 0.3 is 0 Å². The molecule has 1 saturated heterocycles.